The fourth-order valence-corrected chi connectivity index (χ4v) is 2.00. The molecule has 2 rings (SSSR count). The topological polar surface area (TPSA) is 80.3 Å². The van der Waals surface area contributed by atoms with E-state index in [0.717, 1.165) is 5.39 Å². The molecule has 2 amide bonds. The molecule has 0 spiro atoms. The summed E-state index contributed by atoms with van der Waals surface area (Å²) in [4.78, 5) is 28.2. The highest BCUT2D eigenvalue weighted by atomic mass is 16.6. The summed E-state index contributed by atoms with van der Waals surface area (Å²) < 4.78 is 5.14. The van der Waals surface area contributed by atoms with Crippen molar-refractivity contribution in [3.8, 4) is 0 Å². The number of benzene rings is 1. The molecular formula is C17H21N3O3. The molecular weight excluding hydrogens is 294 g/mol. The molecule has 0 fully saturated rings. The molecule has 0 aliphatic carbocycles. The van der Waals surface area contributed by atoms with Crippen molar-refractivity contribution in [1.29, 1.82) is 0 Å². The number of carbonyl (C=O) groups excluding carboxylic acids is 2. The van der Waals surface area contributed by atoms with Crippen LogP contribution in [0.4, 0.5) is 10.5 Å². The van der Waals surface area contributed by atoms with Crippen molar-refractivity contribution in [2.75, 3.05) is 5.32 Å². The van der Waals surface area contributed by atoms with Gasteiger partial charge in [0.05, 0.1) is 11.2 Å². The number of pyridine rings is 1. The van der Waals surface area contributed by atoms with Crippen molar-refractivity contribution in [2.45, 2.75) is 39.3 Å². The van der Waals surface area contributed by atoms with Gasteiger partial charge in [-0.05, 0) is 39.8 Å². The van der Waals surface area contributed by atoms with Crippen LogP contribution in [0.15, 0.2) is 36.5 Å². The summed E-state index contributed by atoms with van der Waals surface area (Å²) >= 11 is 0. The van der Waals surface area contributed by atoms with E-state index in [4.69, 9.17) is 4.74 Å². The van der Waals surface area contributed by atoms with E-state index in [0.29, 0.717) is 11.2 Å². The number of aromatic nitrogens is 1. The Morgan fingerprint density at radius 3 is 2.57 bits per heavy atom. The fraction of sp³-hybridized carbons (Fsp3) is 0.353. The molecule has 1 heterocycles. The quantitative estimate of drug-likeness (QED) is 0.912. The van der Waals surface area contributed by atoms with Gasteiger partial charge in [0.25, 0.3) is 0 Å². The summed E-state index contributed by atoms with van der Waals surface area (Å²) in [6, 6.07) is 8.55. The van der Waals surface area contributed by atoms with E-state index in [1.165, 1.54) is 0 Å². The molecule has 0 saturated carbocycles. The predicted octanol–water partition coefficient (Wildman–Crippen LogP) is 3.09. The first kappa shape index (κ1) is 16.7. The van der Waals surface area contributed by atoms with Crippen molar-refractivity contribution in [2.24, 2.45) is 0 Å². The number of anilines is 1. The summed E-state index contributed by atoms with van der Waals surface area (Å²) in [7, 11) is 0. The van der Waals surface area contributed by atoms with Gasteiger partial charge in [-0.1, -0.05) is 18.2 Å². The van der Waals surface area contributed by atoms with Crippen LogP contribution in [0, 0.1) is 0 Å². The third-order valence-electron chi connectivity index (χ3n) is 3.02. The zero-order valence-corrected chi connectivity index (χ0v) is 13.7. The highest BCUT2D eigenvalue weighted by Gasteiger charge is 2.21. The van der Waals surface area contributed by atoms with Gasteiger partial charge in [-0.2, -0.15) is 0 Å². The van der Waals surface area contributed by atoms with Gasteiger partial charge >= 0.3 is 6.09 Å². The lowest BCUT2D eigenvalue weighted by atomic mass is 10.2. The first-order valence-corrected chi connectivity index (χ1v) is 7.40. The van der Waals surface area contributed by atoms with Gasteiger partial charge in [-0.3, -0.25) is 9.78 Å². The Balaban J connectivity index is 2.04. The lowest BCUT2D eigenvalue weighted by Gasteiger charge is -2.21. The number of hydrogen-bond acceptors (Lipinski definition) is 4. The average molecular weight is 315 g/mol. The number of hydrogen-bond donors (Lipinski definition) is 2. The molecule has 1 aromatic heterocycles. The first-order chi connectivity index (χ1) is 10.8. The normalized spacial score (nSPS) is 12.5. The van der Waals surface area contributed by atoms with E-state index in [1.54, 1.807) is 40.0 Å². The van der Waals surface area contributed by atoms with Gasteiger partial charge in [0, 0.05) is 11.6 Å². The summed E-state index contributed by atoms with van der Waals surface area (Å²) in [5.74, 6) is -0.339. The zero-order chi connectivity index (χ0) is 17.0. The van der Waals surface area contributed by atoms with E-state index in [2.05, 4.69) is 15.6 Å². The number of ether oxygens (including phenoxy) is 1. The Hall–Kier alpha value is -2.63. The number of fused-ring (bicyclic) bond motifs is 1. The van der Waals surface area contributed by atoms with Crippen LogP contribution in [0.3, 0.4) is 0 Å². The van der Waals surface area contributed by atoms with Gasteiger partial charge in [0.2, 0.25) is 5.91 Å². The van der Waals surface area contributed by atoms with Gasteiger partial charge < -0.3 is 15.4 Å². The molecule has 122 valence electrons. The molecule has 0 saturated heterocycles. The second-order valence-corrected chi connectivity index (χ2v) is 6.24. The summed E-state index contributed by atoms with van der Waals surface area (Å²) in [6.45, 7) is 6.88. The maximum absolute atomic E-state index is 12.2. The van der Waals surface area contributed by atoms with Crippen molar-refractivity contribution in [1.82, 2.24) is 10.3 Å². The maximum Gasteiger partial charge on any atom is 0.408 e. The third kappa shape index (κ3) is 4.67. The second-order valence-electron chi connectivity index (χ2n) is 6.24. The molecule has 0 aliphatic rings. The number of alkyl carbamates (subject to hydrolysis) is 1. The third-order valence-corrected chi connectivity index (χ3v) is 3.02. The fourth-order valence-electron chi connectivity index (χ4n) is 2.00. The van der Waals surface area contributed by atoms with Gasteiger partial charge in [0.15, 0.2) is 0 Å². The Bertz CT molecular complexity index is 717. The van der Waals surface area contributed by atoms with E-state index in [1.807, 2.05) is 24.3 Å². The van der Waals surface area contributed by atoms with Crippen LogP contribution in [0.25, 0.3) is 10.9 Å². The maximum atomic E-state index is 12.2. The Kier molecular flexibility index (Phi) is 4.83. The molecule has 0 bridgehead atoms. The van der Waals surface area contributed by atoms with E-state index in [-0.39, 0.29) is 5.91 Å². The zero-order valence-electron chi connectivity index (χ0n) is 13.7. The van der Waals surface area contributed by atoms with E-state index >= 15 is 0 Å². The van der Waals surface area contributed by atoms with Crippen molar-refractivity contribution >= 4 is 28.6 Å². The van der Waals surface area contributed by atoms with Crippen LogP contribution in [0.1, 0.15) is 27.7 Å². The summed E-state index contributed by atoms with van der Waals surface area (Å²) in [5, 5.41) is 6.22. The van der Waals surface area contributed by atoms with Gasteiger partial charge in [-0.25, -0.2) is 4.79 Å². The minimum Gasteiger partial charge on any atom is -0.444 e. The summed E-state index contributed by atoms with van der Waals surface area (Å²) in [5.41, 5.74) is 0.693. The van der Waals surface area contributed by atoms with Crippen LogP contribution in [0.5, 0.6) is 0 Å². The molecule has 0 radical (unpaired) electrons. The standard InChI is InChI=1S/C17H21N3O3/c1-11(19-16(22)23-17(2,3)4)15(21)20-13-9-5-7-12-8-6-10-18-14(12)13/h5-11H,1-4H3,(H,19,22)(H,20,21)/t11-/m0/s1. The second kappa shape index (κ2) is 6.64. The van der Waals surface area contributed by atoms with E-state index < -0.39 is 17.7 Å². The minimum absolute atomic E-state index is 0.339. The molecule has 6 nitrogen and oxygen atoms in total. The number of amides is 2. The summed E-state index contributed by atoms with van der Waals surface area (Å²) in [6.07, 6.45) is 1.04. The van der Waals surface area contributed by atoms with Gasteiger partial charge in [0.1, 0.15) is 11.6 Å². The Labute approximate surface area is 135 Å². The molecule has 23 heavy (non-hydrogen) atoms. The van der Waals surface area contributed by atoms with Crippen LogP contribution in [-0.2, 0) is 9.53 Å². The number of para-hydroxylation sites is 1. The number of carbonyl (C=O) groups is 2. The number of nitrogens with zero attached hydrogens (tertiary/aromatic N) is 1. The highest BCUT2D eigenvalue weighted by molar-refractivity contribution is 6.02. The SMILES string of the molecule is C[C@H](NC(=O)OC(C)(C)C)C(=O)Nc1cccc2cccnc12. The Morgan fingerprint density at radius 1 is 1.17 bits per heavy atom. The molecule has 2 aromatic rings. The lowest BCUT2D eigenvalue weighted by molar-refractivity contribution is -0.117. The Morgan fingerprint density at radius 2 is 1.87 bits per heavy atom. The first-order valence-electron chi connectivity index (χ1n) is 7.40. The van der Waals surface area contributed by atoms with Crippen LogP contribution in [-0.4, -0.2) is 28.6 Å². The smallest absolute Gasteiger partial charge is 0.408 e. The molecule has 1 aromatic carbocycles. The predicted molar refractivity (Wildman–Crippen MR) is 89.2 cm³/mol. The van der Waals surface area contributed by atoms with Crippen molar-refractivity contribution in [3.63, 3.8) is 0 Å². The molecule has 2 N–H and O–H groups in total. The molecule has 6 heteroatoms. The van der Waals surface area contributed by atoms with Crippen LogP contribution < -0.4 is 10.6 Å². The highest BCUT2D eigenvalue weighted by Crippen LogP contribution is 2.20. The molecule has 0 unspecified atom stereocenters. The lowest BCUT2D eigenvalue weighted by Crippen LogP contribution is -2.44. The largest absolute Gasteiger partial charge is 0.444 e. The van der Waals surface area contributed by atoms with Gasteiger partial charge in [-0.15, -0.1) is 0 Å². The monoisotopic (exact) mass is 315 g/mol. The molecule has 1 atom stereocenters. The van der Waals surface area contributed by atoms with Crippen molar-refractivity contribution < 1.29 is 14.3 Å². The number of nitrogens with one attached hydrogen (secondary N) is 2. The number of rotatable bonds is 3. The van der Waals surface area contributed by atoms with E-state index in [9.17, 15) is 9.59 Å². The average Bonchev–Trinajstić information content (AvgIpc) is 2.45. The minimum atomic E-state index is -0.733. The van der Waals surface area contributed by atoms with Crippen molar-refractivity contribution in [3.05, 3.63) is 36.5 Å². The van der Waals surface area contributed by atoms with Crippen LogP contribution >= 0.6 is 0 Å². The molecule has 0 aliphatic heterocycles. The van der Waals surface area contributed by atoms with Crippen LogP contribution in [0.2, 0.25) is 0 Å².